The summed E-state index contributed by atoms with van der Waals surface area (Å²) in [5, 5.41) is 13.1. The SMILES string of the molecule is C/C(=C/NCCCCCCc1ccc(CCCCCCN/C=C(/C)N=N)cc1)N=N. The van der Waals surface area contributed by atoms with E-state index in [1.807, 2.05) is 26.2 Å². The Labute approximate surface area is 182 Å². The second kappa shape index (κ2) is 17.4. The molecule has 0 aromatic heterocycles. The van der Waals surface area contributed by atoms with Crippen LogP contribution >= 0.6 is 0 Å². The molecule has 0 saturated carbocycles. The molecule has 0 fully saturated rings. The molecule has 0 spiro atoms. The molecule has 0 atom stereocenters. The molecule has 30 heavy (non-hydrogen) atoms. The molecule has 0 unspecified atom stereocenters. The summed E-state index contributed by atoms with van der Waals surface area (Å²) in [6.45, 7) is 5.56. The van der Waals surface area contributed by atoms with E-state index in [0.717, 1.165) is 25.9 Å². The van der Waals surface area contributed by atoms with E-state index in [1.165, 1.54) is 62.5 Å². The van der Waals surface area contributed by atoms with Crippen LogP contribution in [0.3, 0.4) is 0 Å². The Morgan fingerprint density at radius 2 is 1.03 bits per heavy atom. The van der Waals surface area contributed by atoms with Gasteiger partial charge in [-0.05, 0) is 63.5 Å². The van der Waals surface area contributed by atoms with Crippen molar-refractivity contribution >= 4 is 0 Å². The van der Waals surface area contributed by atoms with Crippen molar-refractivity contribution in [3.63, 3.8) is 0 Å². The Kier molecular flexibility index (Phi) is 14.8. The van der Waals surface area contributed by atoms with Gasteiger partial charge in [0.1, 0.15) is 0 Å². The molecule has 1 rings (SSSR count). The highest BCUT2D eigenvalue weighted by atomic mass is 15.0. The van der Waals surface area contributed by atoms with Gasteiger partial charge in [-0.2, -0.15) is 10.2 Å². The monoisotopic (exact) mass is 412 g/mol. The van der Waals surface area contributed by atoms with Crippen LogP contribution in [0.25, 0.3) is 0 Å². The van der Waals surface area contributed by atoms with Crippen LogP contribution in [0, 0.1) is 11.1 Å². The van der Waals surface area contributed by atoms with Crippen LogP contribution in [-0.2, 0) is 12.8 Å². The van der Waals surface area contributed by atoms with Crippen LogP contribution in [0.1, 0.15) is 76.3 Å². The van der Waals surface area contributed by atoms with Crippen molar-refractivity contribution in [2.45, 2.75) is 78.1 Å². The highest BCUT2D eigenvalue weighted by molar-refractivity contribution is 5.22. The van der Waals surface area contributed by atoms with E-state index in [9.17, 15) is 0 Å². The first-order valence-electron chi connectivity index (χ1n) is 11.3. The van der Waals surface area contributed by atoms with E-state index in [4.69, 9.17) is 11.1 Å². The Morgan fingerprint density at radius 3 is 1.40 bits per heavy atom. The molecule has 4 N–H and O–H groups in total. The van der Waals surface area contributed by atoms with Gasteiger partial charge in [0, 0.05) is 25.5 Å². The maximum atomic E-state index is 6.87. The predicted octanol–water partition coefficient (Wildman–Crippen LogP) is 6.86. The molecule has 0 aliphatic rings. The molecule has 0 aliphatic heterocycles. The number of nitrogens with zero attached hydrogens (tertiary/aromatic N) is 2. The van der Waals surface area contributed by atoms with Gasteiger partial charge < -0.3 is 10.6 Å². The van der Waals surface area contributed by atoms with Gasteiger partial charge in [0.05, 0.1) is 11.4 Å². The van der Waals surface area contributed by atoms with Gasteiger partial charge >= 0.3 is 0 Å². The zero-order chi connectivity index (χ0) is 21.9. The van der Waals surface area contributed by atoms with Crippen molar-refractivity contribution in [1.29, 1.82) is 11.1 Å². The molecule has 6 nitrogen and oxygen atoms in total. The third kappa shape index (κ3) is 13.6. The third-order valence-electron chi connectivity index (χ3n) is 5.07. The second-order valence-corrected chi connectivity index (χ2v) is 7.85. The van der Waals surface area contributed by atoms with Crippen LogP contribution in [0.2, 0.25) is 0 Å². The first kappa shape index (κ1) is 25.5. The summed E-state index contributed by atoms with van der Waals surface area (Å²) in [6.07, 6.45) is 15.8. The predicted molar refractivity (Wildman–Crippen MR) is 125 cm³/mol. The molecule has 0 amide bonds. The van der Waals surface area contributed by atoms with Crippen molar-refractivity contribution < 1.29 is 0 Å². The standard InChI is InChI=1S/C24H40N6/c1-21(29-25)19-27-17-9-5-3-7-11-23-13-15-24(16-14-23)12-8-4-6-10-18-28-20-22(2)30-26/h13-16,19-20,25-28H,3-12,17-18H2,1-2H3/b21-19-,22-20-,29-25?,30-26?. The van der Waals surface area contributed by atoms with Gasteiger partial charge in [-0.25, -0.2) is 11.1 Å². The lowest BCUT2D eigenvalue weighted by Gasteiger charge is -2.06. The highest BCUT2D eigenvalue weighted by Gasteiger charge is 1.97. The van der Waals surface area contributed by atoms with E-state index in [1.54, 1.807) is 0 Å². The molecule has 0 saturated heterocycles. The number of rotatable bonds is 18. The van der Waals surface area contributed by atoms with Crippen LogP contribution in [-0.4, -0.2) is 13.1 Å². The van der Waals surface area contributed by atoms with Crippen molar-refractivity contribution in [2.24, 2.45) is 10.2 Å². The molecule has 0 radical (unpaired) electrons. The van der Waals surface area contributed by atoms with E-state index < -0.39 is 0 Å². The average Bonchev–Trinajstić information content (AvgIpc) is 2.77. The average molecular weight is 413 g/mol. The van der Waals surface area contributed by atoms with Crippen LogP contribution in [0.15, 0.2) is 58.3 Å². The Balaban J connectivity index is 2.02. The van der Waals surface area contributed by atoms with Gasteiger partial charge in [0.15, 0.2) is 0 Å². The normalized spacial score (nSPS) is 11.9. The number of hydrogen-bond donors (Lipinski definition) is 4. The highest BCUT2D eigenvalue weighted by Crippen LogP contribution is 2.12. The van der Waals surface area contributed by atoms with Crippen molar-refractivity contribution in [1.82, 2.24) is 10.6 Å². The number of hydrogen-bond acceptors (Lipinski definition) is 6. The summed E-state index contributed by atoms with van der Waals surface area (Å²) in [7, 11) is 0. The summed E-state index contributed by atoms with van der Waals surface area (Å²) in [5.74, 6) is 0. The summed E-state index contributed by atoms with van der Waals surface area (Å²) in [6, 6.07) is 9.19. The molecule has 6 heteroatoms. The van der Waals surface area contributed by atoms with Crippen molar-refractivity contribution in [3.8, 4) is 0 Å². The molecular weight excluding hydrogens is 372 g/mol. The maximum absolute atomic E-state index is 6.87. The van der Waals surface area contributed by atoms with Crippen LogP contribution < -0.4 is 10.6 Å². The minimum absolute atomic E-state index is 0.715. The fourth-order valence-corrected chi connectivity index (χ4v) is 3.20. The molecule has 0 heterocycles. The van der Waals surface area contributed by atoms with E-state index in [-0.39, 0.29) is 0 Å². The number of aryl methyl sites for hydroxylation is 2. The number of unbranched alkanes of at least 4 members (excludes halogenated alkanes) is 6. The maximum Gasteiger partial charge on any atom is 0.0748 e. The smallest absolute Gasteiger partial charge is 0.0748 e. The Bertz CT molecular complexity index is 591. The van der Waals surface area contributed by atoms with Crippen molar-refractivity contribution in [3.05, 3.63) is 59.2 Å². The fourth-order valence-electron chi connectivity index (χ4n) is 3.20. The number of benzene rings is 1. The summed E-state index contributed by atoms with van der Waals surface area (Å²) < 4.78 is 0. The topological polar surface area (TPSA) is 96.5 Å². The summed E-state index contributed by atoms with van der Waals surface area (Å²) >= 11 is 0. The number of nitrogens with one attached hydrogen (secondary N) is 4. The molecule has 1 aromatic rings. The lowest BCUT2D eigenvalue weighted by molar-refractivity contribution is 0.622. The zero-order valence-corrected chi connectivity index (χ0v) is 18.8. The first-order chi connectivity index (χ1) is 14.7. The first-order valence-corrected chi connectivity index (χ1v) is 11.3. The third-order valence-corrected chi connectivity index (χ3v) is 5.07. The van der Waals surface area contributed by atoms with Crippen molar-refractivity contribution in [2.75, 3.05) is 13.1 Å². The second-order valence-electron chi connectivity index (χ2n) is 7.85. The van der Waals surface area contributed by atoms with E-state index in [2.05, 4.69) is 45.1 Å². The van der Waals surface area contributed by atoms with E-state index in [0.29, 0.717) is 11.4 Å². The number of allylic oxidation sites excluding steroid dienone is 2. The minimum atomic E-state index is 0.715. The Hall–Kier alpha value is -2.50. The van der Waals surface area contributed by atoms with Gasteiger partial charge in [-0.15, -0.1) is 0 Å². The largest absolute Gasteiger partial charge is 0.389 e. The van der Waals surface area contributed by atoms with E-state index >= 15 is 0 Å². The quantitative estimate of drug-likeness (QED) is 0.156. The summed E-state index contributed by atoms with van der Waals surface area (Å²) in [4.78, 5) is 0. The fraction of sp³-hybridized carbons (Fsp3) is 0.583. The van der Waals surface area contributed by atoms with Gasteiger partial charge in [-0.1, -0.05) is 49.9 Å². The Morgan fingerprint density at radius 1 is 0.667 bits per heavy atom. The molecule has 0 bridgehead atoms. The van der Waals surface area contributed by atoms with Gasteiger partial charge in [0.2, 0.25) is 0 Å². The molecular formula is C24H40N6. The van der Waals surface area contributed by atoms with Gasteiger partial charge in [0.25, 0.3) is 0 Å². The lowest BCUT2D eigenvalue weighted by atomic mass is 10.0. The zero-order valence-electron chi connectivity index (χ0n) is 18.8. The van der Waals surface area contributed by atoms with Crippen LogP contribution in [0.5, 0.6) is 0 Å². The summed E-state index contributed by atoms with van der Waals surface area (Å²) in [5.41, 5.74) is 18.1. The minimum Gasteiger partial charge on any atom is -0.389 e. The van der Waals surface area contributed by atoms with Crippen LogP contribution in [0.4, 0.5) is 0 Å². The lowest BCUT2D eigenvalue weighted by Crippen LogP contribution is -2.07. The molecule has 166 valence electrons. The molecule has 1 aromatic carbocycles. The van der Waals surface area contributed by atoms with Gasteiger partial charge in [-0.3, -0.25) is 0 Å². The molecule has 0 aliphatic carbocycles.